The molecule has 0 spiro atoms. The molecule has 5 nitrogen and oxygen atoms in total. The molecule has 0 bridgehead atoms. The van der Waals surface area contributed by atoms with Crippen molar-refractivity contribution in [3.05, 3.63) is 53.6 Å². The second kappa shape index (κ2) is 6.53. The van der Waals surface area contributed by atoms with E-state index in [1.54, 1.807) is 0 Å². The van der Waals surface area contributed by atoms with E-state index in [1.165, 1.54) is 0 Å². The fourth-order valence-corrected chi connectivity index (χ4v) is 3.96. The van der Waals surface area contributed by atoms with Gasteiger partial charge in [-0.2, -0.15) is 0 Å². The Kier molecular flexibility index (Phi) is 4.24. The Bertz CT molecular complexity index is 711. The number of hydrogen-bond acceptors (Lipinski definition) is 3. The average Bonchev–Trinajstić information content (AvgIpc) is 3.31. The standard InChI is InChI=1S/C18H22N4OS/c1-12-7-8-15(20-12)17-16(14-6-2-3-9-19-14)21-18(24)22(17)11-13-5-4-10-23-13/h2-3,6-9,13,16-17,20H,4-5,10-11H2,1H3,(H,21,24)/t13-,16+,17-/m0/s1. The van der Waals surface area contributed by atoms with Crippen LogP contribution in [0.5, 0.6) is 0 Å². The van der Waals surface area contributed by atoms with Crippen molar-refractivity contribution < 1.29 is 4.74 Å². The highest BCUT2D eigenvalue weighted by Gasteiger charge is 2.41. The van der Waals surface area contributed by atoms with Gasteiger partial charge in [0.05, 0.1) is 23.9 Å². The van der Waals surface area contributed by atoms with Crippen LogP contribution in [0.2, 0.25) is 0 Å². The van der Waals surface area contributed by atoms with Crippen molar-refractivity contribution >= 4 is 17.3 Å². The summed E-state index contributed by atoms with van der Waals surface area (Å²) < 4.78 is 5.84. The quantitative estimate of drug-likeness (QED) is 0.837. The van der Waals surface area contributed by atoms with Gasteiger partial charge in [0.25, 0.3) is 0 Å². The van der Waals surface area contributed by atoms with E-state index in [9.17, 15) is 0 Å². The normalized spacial score (nSPS) is 26.8. The predicted molar refractivity (Wildman–Crippen MR) is 96.7 cm³/mol. The van der Waals surface area contributed by atoms with Crippen LogP contribution in [0.3, 0.4) is 0 Å². The third kappa shape index (κ3) is 2.91. The van der Waals surface area contributed by atoms with Gasteiger partial charge in [0.1, 0.15) is 0 Å². The molecule has 0 aromatic carbocycles. The third-order valence-corrected chi connectivity index (χ3v) is 5.15. The number of aromatic amines is 1. The van der Waals surface area contributed by atoms with Crippen LogP contribution in [0.15, 0.2) is 36.5 Å². The summed E-state index contributed by atoms with van der Waals surface area (Å²) >= 11 is 5.65. The average molecular weight is 342 g/mol. The zero-order chi connectivity index (χ0) is 16.5. The molecule has 2 saturated heterocycles. The Morgan fingerprint density at radius 3 is 2.92 bits per heavy atom. The Morgan fingerprint density at radius 2 is 2.25 bits per heavy atom. The van der Waals surface area contributed by atoms with Gasteiger partial charge < -0.3 is 19.9 Å². The van der Waals surface area contributed by atoms with E-state index < -0.39 is 0 Å². The fourth-order valence-electron chi connectivity index (χ4n) is 3.65. The lowest BCUT2D eigenvalue weighted by atomic mass is 10.0. The number of nitrogens with zero attached hydrogens (tertiary/aromatic N) is 2. The molecular formula is C18H22N4OS. The van der Waals surface area contributed by atoms with E-state index in [-0.39, 0.29) is 18.2 Å². The molecule has 4 rings (SSSR count). The van der Waals surface area contributed by atoms with E-state index in [0.29, 0.717) is 0 Å². The van der Waals surface area contributed by atoms with Crippen LogP contribution in [-0.2, 0) is 4.74 Å². The molecule has 2 aliphatic heterocycles. The van der Waals surface area contributed by atoms with Gasteiger partial charge in [-0.3, -0.25) is 4.98 Å². The van der Waals surface area contributed by atoms with Gasteiger partial charge in [0.2, 0.25) is 0 Å². The Morgan fingerprint density at radius 1 is 1.33 bits per heavy atom. The zero-order valence-electron chi connectivity index (χ0n) is 13.7. The van der Waals surface area contributed by atoms with E-state index in [2.05, 4.69) is 45.3 Å². The molecule has 2 fully saturated rings. The number of nitrogens with one attached hydrogen (secondary N) is 2. The highest BCUT2D eigenvalue weighted by molar-refractivity contribution is 7.80. The molecule has 0 amide bonds. The Labute approximate surface area is 147 Å². The maximum Gasteiger partial charge on any atom is 0.170 e. The molecule has 0 unspecified atom stereocenters. The minimum absolute atomic E-state index is 0.0400. The van der Waals surface area contributed by atoms with E-state index in [4.69, 9.17) is 17.0 Å². The molecule has 24 heavy (non-hydrogen) atoms. The molecule has 2 aromatic heterocycles. The summed E-state index contributed by atoms with van der Waals surface area (Å²) in [5.41, 5.74) is 3.32. The van der Waals surface area contributed by atoms with Crippen molar-refractivity contribution in [3.63, 3.8) is 0 Å². The lowest BCUT2D eigenvalue weighted by Crippen LogP contribution is -2.36. The third-order valence-electron chi connectivity index (χ3n) is 4.80. The predicted octanol–water partition coefficient (Wildman–Crippen LogP) is 2.87. The van der Waals surface area contributed by atoms with Gasteiger partial charge in [0, 0.05) is 30.7 Å². The minimum atomic E-state index is 0.0400. The summed E-state index contributed by atoms with van der Waals surface area (Å²) in [5, 5.41) is 4.25. The molecular weight excluding hydrogens is 320 g/mol. The van der Waals surface area contributed by atoms with Crippen LogP contribution in [0.4, 0.5) is 0 Å². The zero-order valence-corrected chi connectivity index (χ0v) is 14.6. The van der Waals surface area contributed by atoms with Crippen LogP contribution in [0.25, 0.3) is 0 Å². The maximum absolute atomic E-state index is 5.84. The molecule has 2 aliphatic rings. The number of ether oxygens (including phenoxy) is 1. The van der Waals surface area contributed by atoms with Crippen molar-refractivity contribution in [2.75, 3.05) is 13.2 Å². The lowest BCUT2D eigenvalue weighted by Gasteiger charge is -2.29. The highest BCUT2D eigenvalue weighted by Crippen LogP contribution is 2.38. The van der Waals surface area contributed by atoms with E-state index in [1.807, 2.05) is 18.3 Å². The second-order valence-electron chi connectivity index (χ2n) is 6.51. The summed E-state index contributed by atoms with van der Waals surface area (Å²) in [6.45, 7) is 3.75. The van der Waals surface area contributed by atoms with Crippen molar-refractivity contribution in [2.45, 2.75) is 38.0 Å². The molecule has 0 saturated carbocycles. The number of pyridine rings is 1. The first-order valence-corrected chi connectivity index (χ1v) is 8.88. The molecule has 4 heterocycles. The number of H-pyrrole nitrogens is 1. The number of rotatable bonds is 4. The first-order chi connectivity index (χ1) is 11.7. The minimum Gasteiger partial charge on any atom is -0.376 e. The topological polar surface area (TPSA) is 53.2 Å². The van der Waals surface area contributed by atoms with Gasteiger partial charge in [0.15, 0.2) is 5.11 Å². The molecule has 3 atom stereocenters. The van der Waals surface area contributed by atoms with E-state index in [0.717, 1.165) is 48.2 Å². The first-order valence-electron chi connectivity index (χ1n) is 8.47. The SMILES string of the molecule is Cc1ccc([C@H]2[C@@H](c3ccccn3)NC(=S)N2C[C@@H]2CCCO2)[nH]1. The van der Waals surface area contributed by atoms with Crippen molar-refractivity contribution in [2.24, 2.45) is 0 Å². The molecule has 6 heteroatoms. The monoisotopic (exact) mass is 342 g/mol. The van der Waals surface area contributed by atoms with Crippen molar-refractivity contribution in [3.8, 4) is 0 Å². The number of aryl methyl sites for hydroxylation is 1. The second-order valence-corrected chi connectivity index (χ2v) is 6.90. The largest absolute Gasteiger partial charge is 0.376 e. The molecule has 2 aromatic rings. The van der Waals surface area contributed by atoms with Crippen LogP contribution >= 0.6 is 12.2 Å². The molecule has 2 N–H and O–H groups in total. The summed E-state index contributed by atoms with van der Waals surface area (Å²) in [7, 11) is 0. The van der Waals surface area contributed by atoms with Gasteiger partial charge in [-0.05, 0) is 56.2 Å². The highest BCUT2D eigenvalue weighted by atomic mass is 32.1. The van der Waals surface area contributed by atoms with Gasteiger partial charge in [-0.25, -0.2) is 0 Å². The molecule has 126 valence electrons. The van der Waals surface area contributed by atoms with E-state index >= 15 is 0 Å². The summed E-state index contributed by atoms with van der Waals surface area (Å²) in [6, 6.07) is 10.4. The van der Waals surface area contributed by atoms with Crippen LogP contribution in [-0.4, -0.2) is 39.2 Å². The van der Waals surface area contributed by atoms with Gasteiger partial charge >= 0.3 is 0 Å². The first kappa shape index (κ1) is 15.6. The molecule has 0 radical (unpaired) electrons. The van der Waals surface area contributed by atoms with Crippen LogP contribution < -0.4 is 5.32 Å². The van der Waals surface area contributed by atoms with Crippen molar-refractivity contribution in [1.82, 2.24) is 20.2 Å². The Balaban J connectivity index is 1.67. The Hall–Kier alpha value is -1.92. The summed E-state index contributed by atoms with van der Waals surface area (Å²) in [6.07, 6.45) is 4.32. The van der Waals surface area contributed by atoms with Crippen LogP contribution in [0, 0.1) is 6.92 Å². The van der Waals surface area contributed by atoms with Gasteiger partial charge in [-0.1, -0.05) is 6.07 Å². The maximum atomic E-state index is 5.84. The van der Waals surface area contributed by atoms with Gasteiger partial charge in [-0.15, -0.1) is 0 Å². The molecule has 0 aliphatic carbocycles. The lowest BCUT2D eigenvalue weighted by molar-refractivity contribution is 0.0838. The van der Waals surface area contributed by atoms with Crippen molar-refractivity contribution in [1.29, 1.82) is 0 Å². The smallest absolute Gasteiger partial charge is 0.170 e. The fraction of sp³-hybridized carbons (Fsp3) is 0.444. The number of hydrogen-bond donors (Lipinski definition) is 2. The van der Waals surface area contributed by atoms with Crippen LogP contribution in [0.1, 0.15) is 42.0 Å². The number of aromatic nitrogens is 2. The number of thiocarbonyl (C=S) groups is 1. The summed E-state index contributed by atoms with van der Waals surface area (Å²) in [5.74, 6) is 0. The summed E-state index contributed by atoms with van der Waals surface area (Å²) in [4.78, 5) is 10.3.